The molecule has 0 fully saturated rings. The first kappa shape index (κ1) is 22.1. The smallest absolute Gasteiger partial charge is 0.192 e. The van der Waals surface area contributed by atoms with E-state index in [2.05, 4.69) is 66.3 Å². The molecule has 2 aliphatic rings. The molecule has 0 atom stereocenters. The predicted molar refractivity (Wildman–Crippen MR) is 138 cm³/mol. The highest BCUT2D eigenvalue weighted by atomic mass is 16.3. The summed E-state index contributed by atoms with van der Waals surface area (Å²) in [6.07, 6.45) is 4.43. The number of fused-ring (bicyclic) bond motifs is 2. The SMILES string of the molecule is CCc1c(/C=C2\C(=O)C(C=C3N(CC)c4ccccc4N3CC)=C2[O-])n(CC)c2ccccc12. The van der Waals surface area contributed by atoms with Gasteiger partial charge in [0.25, 0.3) is 0 Å². The Hall–Kier alpha value is -3.73. The zero-order valence-corrected chi connectivity index (χ0v) is 20.3. The Bertz CT molecular complexity index is 1320. The van der Waals surface area contributed by atoms with Gasteiger partial charge >= 0.3 is 0 Å². The van der Waals surface area contributed by atoms with Crippen molar-refractivity contribution in [3.8, 4) is 0 Å². The molecule has 174 valence electrons. The number of allylic oxidation sites excluding steroid dienone is 3. The lowest BCUT2D eigenvalue weighted by Crippen LogP contribution is -2.33. The molecule has 0 N–H and O–H groups in total. The minimum Gasteiger partial charge on any atom is -0.871 e. The summed E-state index contributed by atoms with van der Waals surface area (Å²) in [4.78, 5) is 17.6. The second-order valence-electron chi connectivity index (χ2n) is 8.59. The van der Waals surface area contributed by atoms with Gasteiger partial charge in [0.1, 0.15) is 5.82 Å². The van der Waals surface area contributed by atoms with Crippen molar-refractivity contribution in [3.63, 3.8) is 0 Å². The van der Waals surface area contributed by atoms with Crippen molar-refractivity contribution in [1.82, 2.24) is 4.57 Å². The Morgan fingerprint density at radius 3 is 2.00 bits per heavy atom. The fourth-order valence-corrected chi connectivity index (χ4v) is 5.37. The average molecular weight is 453 g/mol. The Kier molecular flexibility index (Phi) is 5.56. The highest BCUT2D eigenvalue weighted by molar-refractivity contribution is 6.23. The molecule has 1 aromatic heterocycles. The topological polar surface area (TPSA) is 51.5 Å². The monoisotopic (exact) mass is 452 g/mol. The van der Waals surface area contributed by atoms with Crippen LogP contribution in [0.4, 0.5) is 11.4 Å². The molecule has 2 heterocycles. The van der Waals surface area contributed by atoms with Gasteiger partial charge in [-0.05, 0) is 63.1 Å². The normalized spacial score (nSPS) is 16.6. The molecular formula is C29H30N3O2-. The van der Waals surface area contributed by atoms with Crippen molar-refractivity contribution in [2.24, 2.45) is 0 Å². The molecule has 34 heavy (non-hydrogen) atoms. The summed E-state index contributed by atoms with van der Waals surface area (Å²) in [5.41, 5.74) is 6.04. The van der Waals surface area contributed by atoms with Crippen molar-refractivity contribution in [2.75, 3.05) is 22.9 Å². The minimum atomic E-state index is -0.171. The molecule has 2 aromatic carbocycles. The molecule has 1 aliphatic carbocycles. The lowest BCUT2D eigenvalue weighted by atomic mass is 9.86. The third kappa shape index (κ3) is 3.11. The van der Waals surface area contributed by atoms with Crippen LogP contribution in [0.2, 0.25) is 0 Å². The number of ketones is 1. The van der Waals surface area contributed by atoms with Crippen LogP contribution in [0.3, 0.4) is 0 Å². The summed E-state index contributed by atoms with van der Waals surface area (Å²) >= 11 is 0. The van der Waals surface area contributed by atoms with E-state index in [1.165, 1.54) is 10.9 Å². The van der Waals surface area contributed by atoms with Gasteiger partial charge in [-0.25, -0.2) is 0 Å². The van der Waals surface area contributed by atoms with E-state index < -0.39 is 0 Å². The highest BCUT2D eigenvalue weighted by Crippen LogP contribution is 2.43. The van der Waals surface area contributed by atoms with Crippen molar-refractivity contribution in [1.29, 1.82) is 0 Å². The number of hydrogen-bond donors (Lipinski definition) is 0. The third-order valence-corrected chi connectivity index (χ3v) is 6.97. The second kappa shape index (κ2) is 8.56. The van der Waals surface area contributed by atoms with Gasteiger partial charge in [-0.2, -0.15) is 0 Å². The van der Waals surface area contributed by atoms with Gasteiger partial charge in [0.05, 0.1) is 11.4 Å². The molecule has 5 rings (SSSR count). The summed E-state index contributed by atoms with van der Waals surface area (Å²) in [5.74, 6) is 0.546. The number of aromatic nitrogens is 1. The van der Waals surface area contributed by atoms with Crippen LogP contribution in [0.1, 0.15) is 39.0 Å². The fourth-order valence-electron chi connectivity index (χ4n) is 5.37. The maximum Gasteiger partial charge on any atom is 0.192 e. The molecule has 0 saturated carbocycles. The Balaban J connectivity index is 1.59. The van der Waals surface area contributed by atoms with E-state index in [0.29, 0.717) is 0 Å². The van der Waals surface area contributed by atoms with Gasteiger partial charge in [-0.15, -0.1) is 0 Å². The molecular weight excluding hydrogens is 422 g/mol. The van der Waals surface area contributed by atoms with Gasteiger partial charge < -0.3 is 19.5 Å². The molecule has 0 radical (unpaired) electrons. The maximum absolute atomic E-state index is 13.2. The van der Waals surface area contributed by atoms with Crippen LogP contribution in [0.15, 0.2) is 77.3 Å². The molecule has 5 nitrogen and oxygen atoms in total. The van der Waals surface area contributed by atoms with Crippen LogP contribution in [-0.4, -0.2) is 23.4 Å². The van der Waals surface area contributed by atoms with Crippen molar-refractivity contribution in [2.45, 2.75) is 40.7 Å². The minimum absolute atomic E-state index is 0.171. The van der Waals surface area contributed by atoms with Crippen LogP contribution in [0.25, 0.3) is 17.0 Å². The Morgan fingerprint density at radius 1 is 0.824 bits per heavy atom. The zero-order valence-electron chi connectivity index (χ0n) is 20.3. The summed E-state index contributed by atoms with van der Waals surface area (Å²) in [7, 11) is 0. The molecule has 1 aliphatic heterocycles. The largest absolute Gasteiger partial charge is 0.871 e. The fraction of sp³-hybridized carbons (Fsp3) is 0.276. The Labute approximate surface area is 200 Å². The number of para-hydroxylation sites is 3. The molecule has 0 amide bonds. The lowest BCUT2D eigenvalue weighted by Gasteiger charge is -2.31. The van der Waals surface area contributed by atoms with E-state index in [1.54, 1.807) is 6.08 Å². The first-order valence-corrected chi connectivity index (χ1v) is 12.2. The van der Waals surface area contributed by atoms with E-state index in [1.807, 2.05) is 30.3 Å². The zero-order chi connectivity index (χ0) is 24.0. The number of anilines is 2. The summed E-state index contributed by atoms with van der Waals surface area (Å²) < 4.78 is 2.20. The summed E-state index contributed by atoms with van der Waals surface area (Å²) in [6, 6.07) is 16.5. The molecule has 0 unspecified atom stereocenters. The molecule has 3 aromatic rings. The number of aryl methyl sites for hydroxylation is 2. The van der Waals surface area contributed by atoms with Crippen molar-refractivity contribution < 1.29 is 9.90 Å². The highest BCUT2D eigenvalue weighted by Gasteiger charge is 2.33. The van der Waals surface area contributed by atoms with Gasteiger partial charge in [-0.3, -0.25) is 4.79 Å². The van der Waals surface area contributed by atoms with E-state index in [-0.39, 0.29) is 22.7 Å². The Morgan fingerprint density at radius 2 is 1.44 bits per heavy atom. The van der Waals surface area contributed by atoms with Crippen LogP contribution >= 0.6 is 0 Å². The van der Waals surface area contributed by atoms with Crippen molar-refractivity contribution in [3.05, 3.63) is 88.6 Å². The summed E-state index contributed by atoms with van der Waals surface area (Å²) in [5, 5.41) is 14.4. The third-order valence-electron chi connectivity index (χ3n) is 6.97. The number of benzene rings is 2. The van der Waals surface area contributed by atoms with E-state index >= 15 is 0 Å². The number of rotatable bonds is 6. The van der Waals surface area contributed by atoms with Gasteiger partial charge in [0.15, 0.2) is 5.78 Å². The first-order valence-electron chi connectivity index (χ1n) is 12.2. The molecule has 0 spiro atoms. The maximum atomic E-state index is 13.2. The average Bonchev–Trinajstić information content (AvgIpc) is 3.35. The van der Waals surface area contributed by atoms with Crippen LogP contribution in [0, 0.1) is 0 Å². The molecule has 5 heteroatoms. The number of carbonyl (C=O) groups is 1. The van der Waals surface area contributed by atoms with Gasteiger partial charge in [0.2, 0.25) is 0 Å². The van der Waals surface area contributed by atoms with Gasteiger partial charge in [0, 0.05) is 47.4 Å². The standard InChI is InChI=1S/C29H31N3O2/c1-5-19-20-13-9-10-14-23(20)30(6-2)26(19)17-21-28(33)22(29(21)34)18-27-31(7-3)24-15-11-12-16-25(24)32(27)8-4/h9-18,33H,5-8H2,1-4H3/p-1/b21-17-. The number of carbonyl (C=O) groups excluding carboxylic acids is 1. The van der Waals surface area contributed by atoms with Crippen LogP contribution in [0.5, 0.6) is 0 Å². The van der Waals surface area contributed by atoms with E-state index in [4.69, 9.17) is 0 Å². The van der Waals surface area contributed by atoms with Crippen molar-refractivity contribution >= 4 is 34.1 Å². The van der Waals surface area contributed by atoms with Crippen LogP contribution < -0.4 is 14.9 Å². The number of hydrogen-bond acceptors (Lipinski definition) is 4. The first-order chi connectivity index (χ1) is 16.5. The van der Waals surface area contributed by atoms with E-state index in [9.17, 15) is 9.90 Å². The molecule has 0 saturated heterocycles. The predicted octanol–water partition coefficient (Wildman–Crippen LogP) is 5.01. The van der Waals surface area contributed by atoms with Crippen LogP contribution in [-0.2, 0) is 17.8 Å². The molecule has 0 bridgehead atoms. The lowest BCUT2D eigenvalue weighted by molar-refractivity contribution is -0.300. The quantitative estimate of drug-likeness (QED) is 0.493. The summed E-state index contributed by atoms with van der Waals surface area (Å²) in [6.45, 7) is 10.7. The van der Waals surface area contributed by atoms with E-state index in [0.717, 1.165) is 54.5 Å². The second-order valence-corrected chi connectivity index (χ2v) is 8.59. The van der Waals surface area contributed by atoms with Gasteiger partial charge in [-0.1, -0.05) is 43.0 Å². The number of nitrogens with zero attached hydrogens (tertiary/aromatic N) is 3. The number of Topliss-reactive ketones (excluding diaryl/α,β-unsaturated/α-hetero) is 1.